The summed E-state index contributed by atoms with van der Waals surface area (Å²) in [6.07, 6.45) is -1.37. The predicted molar refractivity (Wildman–Crippen MR) is 72.4 cm³/mol. The number of hydrogen-bond acceptors (Lipinski definition) is 5. The lowest BCUT2D eigenvalue weighted by Crippen LogP contribution is -2.39. The molecule has 0 saturated carbocycles. The molecule has 0 fully saturated rings. The molecule has 110 valence electrons. The lowest BCUT2D eigenvalue weighted by molar-refractivity contribution is -0.150. The van der Waals surface area contributed by atoms with Crippen molar-refractivity contribution in [1.82, 2.24) is 5.32 Å². The van der Waals surface area contributed by atoms with E-state index in [1.807, 2.05) is 32.0 Å². The van der Waals surface area contributed by atoms with Gasteiger partial charge in [-0.05, 0) is 31.0 Å². The van der Waals surface area contributed by atoms with Crippen LogP contribution in [0.15, 0.2) is 18.2 Å². The molecule has 6 nitrogen and oxygen atoms in total. The molecule has 0 aliphatic rings. The molecule has 0 heterocycles. The van der Waals surface area contributed by atoms with E-state index in [0.717, 1.165) is 18.2 Å². The van der Waals surface area contributed by atoms with Gasteiger partial charge in [0, 0.05) is 0 Å². The molecule has 2 N–H and O–H groups in total. The number of ether oxygens (including phenoxy) is 2. The van der Waals surface area contributed by atoms with Crippen LogP contribution in [0, 0.1) is 13.8 Å². The molecule has 0 aliphatic carbocycles. The van der Waals surface area contributed by atoms with Crippen molar-refractivity contribution in [3.8, 4) is 5.75 Å². The first-order chi connectivity index (χ1) is 9.43. The number of benzene rings is 1. The van der Waals surface area contributed by atoms with Gasteiger partial charge in [0.2, 0.25) is 0 Å². The number of aryl methyl sites for hydroxylation is 2. The van der Waals surface area contributed by atoms with Gasteiger partial charge in [0.25, 0.3) is 5.91 Å². The van der Waals surface area contributed by atoms with Gasteiger partial charge in [-0.2, -0.15) is 0 Å². The highest BCUT2D eigenvalue weighted by Crippen LogP contribution is 2.18. The van der Waals surface area contributed by atoms with Gasteiger partial charge in [-0.15, -0.1) is 0 Å². The van der Waals surface area contributed by atoms with Gasteiger partial charge in [-0.1, -0.05) is 12.1 Å². The van der Waals surface area contributed by atoms with Crippen molar-refractivity contribution in [2.45, 2.75) is 20.0 Å². The minimum atomic E-state index is -1.37. The summed E-state index contributed by atoms with van der Waals surface area (Å²) in [6, 6.07) is 5.70. The Bertz CT molecular complexity index is 486. The van der Waals surface area contributed by atoms with E-state index in [1.165, 1.54) is 0 Å². The molecular weight excluding hydrogens is 262 g/mol. The molecule has 0 spiro atoms. The normalized spacial score (nSPS) is 11.6. The highest BCUT2D eigenvalue weighted by Gasteiger charge is 2.16. The van der Waals surface area contributed by atoms with E-state index in [9.17, 15) is 14.7 Å². The fourth-order valence-corrected chi connectivity index (χ4v) is 1.49. The second kappa shape index (κ2) is 7.49. The van der Waals surface area contributed by atoms with Crippen LogP contribution >= 0.6 is 0 Å². The number of hydrogen-bond donors (Lipinski definition) is 2. The van der Waals surface area contributed by atoms with Gasteiger partial charge < -0.3 is 19.9 Å². The van der Waals surface area contributed by atoms with Crippen molar-refractivity contribution in [2.75, 3.05) is 20.3 Å². The molecule has 0 aromatic heterocycles. The Hall–Kier alpha value is -2.08. The number of esters is 1. The number of amides is 1. The standard InChI is InChI=1S/C14H19NO5/c1-9-4-5-10(2)12(6-9)20-8-13(17)15-7-11(16)14(18)19-3/h4-6,11,16H,7-8H2,1-3H3,(H,15,17). The van der Waals surface area contributed by atoms with Crippen molar-refractivity contribution in [1.29, 1.82) is 0 Å². The molecular formula is C14H19NO5. The number of nitrogens with one attached hydrogen (secondary N) is 1. The number of methoxy groups -OCH3 is 1. The molecule has 0 aliphatic heterocycles. The van der Waals surface area contributed by atoms with Gasteiger partial charge in [0.05, 0.1) is 13.7 Å². The van der Waals surface area contributed by atoms with E-state index < -0.39 is 18.0 Å². The summed E-state index contributed by atoms with van der Waals surface area (Å²) in [5.41, 5.74) is 1.96. The van der Waals surface area contributed by atoms with Gasteiger partial charge in [-0.25, -0.2) is 4.79 Å². The molecule has 1 aromatic rings. The quantitative estimate of drug-likeness (QED) is 0.734. The minimum Gasteiger partial charge on any atom is -0.483 e. The zero-order chi connectivity index (χ0) is 15.1. The van der Waals surface area contributed by atoms with Crippen LogP contribution in [0.25, 0.3) is 0 Å². The third-order valence-corrected chi connectivity index (χ3v) is 2.67. The summed E-state index contributed by atoms with van der Waals surface area (Å²) < 4.78 is 9.72. The van der Waals surface area contributed by atoms with Gasteiger partial charge in [0.1, 0.15) is 5.75 Å². The van der Waals surface area contributed by atoms with Crippen molar-refractivity contribution >= 4 is 11.9 Å². The monoisotopic (exact) mass is 281 g/mol. The molecule has 1 unspecified atom stereocenters. The first-order valence-corrected chi connectivity index (χ1v) is 6.16. The van der Waals surface area contributed by atoms with Crippen molar-refractivity contribution in [3.63, 3.8) is 0 Å². The molecule has 0 radical (unpaired) electrons. The summed E-state index contributed by atoms with van der Waals surface area (Å²) in [7, 11) is 1.16. The Morgan fingerprint density at radius 2 is 2.05 bits per heavy atom. The SMILES string of the molecule is COC(=O)C(O)CNC(=O)COc1cc(C)ccc1C. The Morgan fingerprint density at radius 1 is 1.35 bits per heavy atom. The topological polar surface area (TPSA) is 84.9 Å². The summed E-state index contributed by atoms with van der Waals surface area (Å²) in [5.74, 6) is -0.580. The Balaban J connectivity index is 2.40. The van der Waals surface area contributed by atoms with Gasteiger partial charge >= 0.3 is 5.97 Å². The summed E-state index contributed by atoms with van der Waals surface area (Å²) in [6.45, 7) is 3.42. The lowest BCUT2D eigenvalue weighted by atomic mass is 10.1. The van der Waals surface area contributed by atoms with Crippen molar-refractivity contribution in [2.24, 2.45) is 0 Å². The first-order valence-electron chi connectivity index (χ1n) is 6.16. The number of aliphatic hydroxyl groups is 1. The van der Waals surface area contributed by atoms with Crippen LogP contribution in [0.5, 0.6) is 5.75 Å². The van der Waals surface area contributed by atoms with E-state index in [4.69, 9.17) is 4.74 Å². The van der Waals surface area contributed by atoms with Crippen LogP contribution in [0.1, 0.15) is 11.1 Å². The van der Waals surface area contributed by atoms with Gasteiger partial charge in [0.15, 0.2) is 12.7 Å². The fraction of sp³-hybridized carbons (Fsp3) is 0.429. The third kappa shape index (κ3) is 4.89. The van der Waals surface area contributed by atoms with Gasteiger partial charge in [-0.3, -0.25) is 4.79 Å². The van der Waals surface area contributed by atoms with Crippen LogP contribution in [0.2, 0.25) is 0 Å². The lowest BCUT2D eigenvalue weighted by Gasteiger charge is -2.12. The molecule has 6 heteroatoms. The van der Waals surface area contributed by atoms with Crippen LogP contribution in [-0.2, 0) is 14.3 Å². The number of rotatable bonds is 6. The molecule has 1 aromatic carbocycles. The smallest absolute Gasteiger partial charge is 0.336 e. The Morgan fingerprint density at radius 3 is 2.70 bits per heavy atom. The highest BCUT2D eigenvalue weighted by molar-refractivity contribution is 5.79. The molecule has 20 heavy (non-hydrogen) atoms. The highest BCUT2D eigenvalue weighted by atomic mass is 16.5. The largest absolute Gasteiger partial charge is 0.483 e. The molecule has 0 bridgehead atoms. The average Bonchev–Trinajstić information content (AvgIpc) is 2.44. The maximum atomic E-state index is 11.5. The average molecular weight is 281 g/mol. The van der Waals surface area contributed by atoms with Crippen molar-refractivity contribution in [3.05, 3.63) is 29.3 Å². The Kier molecular flexibility index (Phi) is 5.99. The van der Waals surface area contributed by atoms with E-state index in [0.29, 0.717) is 5.75 Å². The second-order valence-electron chi connectivity index (χ2n) is 4.40. The third-order valence-electron chi connectivity index (χ3n) is 2.67. The number of aliphatic hydroxyl groups excluding tert-OH is 1. The molecule has 1 rings (SSSR count). The maximum absolute atomic E-state index is 11.5. The molecule has 1 amide bonds. The summed E-state index contributed by atoms with van der Waals surface area (Å²) in [4.78, 5) is 22.5. The predicted octanol–water partition coefficient (Wildman–Crippen LogP) is 0.332. The fourth-order valence-electron chi connectivity index (χ4n) is 1.49. The maximum Gasteiger partial charge on any atom is 0.336 e. The number of carbonyl (C=O) groups is 2. The summed E-state index contributed by atoms with van der Waals surface area (Å²) >= 11 is 0. The van der Waals surface area contributed by atoms with Crippen LogP contribution < -0.4 is 10.1 Å². The van der Waals surface area contributed by atoms with Crippen LogP contribution in [0.4, 0.5) is 0 Å². The zero-order valence-corrected chi connectivity index (χ0v) is 11.8. The van der Waals surface area contributed by atoms with E-state index in [-0.39, 0.29) is 13.2 Å². The van der Waals surface area contributed by atoms with Crippen LogP contribution in [-0.4, -0.2) is 43.3 Å². The van der Waals surface area contributed by atoms with Crippen LogP contribution in [0.3, 0.4) is 0 Å². The molecule has 0 saturated heterocycles. The minimum absolute atomic E-state index is 0.182. The summed E-state index contributed by atoms with van der Waals surface area (Å²) in [5, 5.41) is 11.7. The van der Waals surface area contributed by atoms with E-state index >= 15 is 0 Å². The molecule has 1 atom stereocenters. The first kappa shape index (κ1) is 16.0. The van der Waals surface area contributed by atoms with Crippen molar-refractivity contribution < 1.29 is 24.2 Å². The number of carbonyl (C=O) groups excluding carboxylic acids is 2. The van der Waals surface area contributed by atoms with E-state index in [1.54, 1.807) is 0 Å². The zero-order valence-electron chi connectivity index (χ0n) is 11.8. The van der Waals surface area contributed by atoms with E-state index in [2.05, 4.69) is 10.1 Å². The second-order valence-corrected chi connectivity index (χ2v) is 4.40. The Labute approximate surface area is 117 Å².